The molecule has 16 heavy (non-hydrogen) atoms. The third-order valence-corrected chi connectivity index (χ3v) is 3.42. The van der Waals surface area contributed by atoms with E-state index in [9.17, 15) is 5.11 Å². The van der Waals surface area contributed by atoms with Crippen LogP contribution in [0.15, 0.2) is 18.2 Å². The molecule has 0 amide bonds. The van der Waals surface area contributed by atoms with Crippen molar-refractivity contribution < 1.29 is 10.2 Å². The fourth-order valence-electron chi connectivity index (χ4n) is 2.07. The summed E-state index contributed by atoms with van der Waals surface area (Å²) >= 11 is 0. The topological polar surface area (TPSA) is 43.7 Å². The molecule has 0 aromatic heterocycles. The van der Waals surface area contributed by atoms with Crippen LogP contribution >= 0.6 is 0 Å². The lowest BCUT2D eigenvalue weighted by Crippen LogP contribution is -2.43. The average molecular weight is 221 g/mol. The number of hydrogen-bond donors (Lipinski definition) is 2. The van der Waals surface area contributed by atoms with E-state index in [0.717, 1.165) is 18.7 Å². The molecular formula is C13H19NO2. The van der Waals surface area contributed by atoms with Gasteiger partial charge in [-0.25, -0.2) is 0 Å². The van der Waals surface area contributed by atoms with Gasteiger partial charge in [-0.05, 0) is 30.5 Å². The van der Waals surface area contributed by atoms with E-state index in [2.05, 4.69) is 17.0 Å². The molecule has 3 heteroatoms. The Morgan fingerprint density at radius 1 is 1.19 bits per heavy atom. The SMILES string of the molecule is CC(C)(CO)N1Cc2ccc(CO)cc2C1. The van der Waals surface area contributed by atoms with Crippen LogP contribution in [0.1, 0.15) is 30.5 Å². The van der Waals surface area contributed by atoms with Gasteiger partial charge in [-0.2, -0.15) is 0 Å². The summed E-state index contributed by atoms with van der Waals surface area (Å²) in [5.41, 5.74) is 3.35. The molecule has 1 heterocycles. The first-order valence-electron chi connectivity index (χ1n) is 5.64. The molecule has 0 bridgehead atoms. The van der Waals surface area contributed by atoms with Gasteiger partial charge in [-0.15, -0.1) is 0 Å². The van der Waals surface area contributed by atoms with E-state index in [1.54, 1.807) is 0 Å². The Morgan fingerprint density at radius 2 is 1.88 bits per heavy atom. The first-order valence-corrected chi connectivity index (χ1v) is 5.64. The van der Waals surface area contributed by atoms with Gasteiger partial charge < -0.3 is 10.2 Å². The second kappa shape index (κ2) is 4.17. The zero-order chi connectivity index (χ0) is 11.8. The summed E-state index contributed by atoms with van der Waals surface area (Å²) in [6, 6.07) is 6.10. The standard InChI is InChI=1S/C13H19NO2/c1-13(2,9-16)14-6-11-4-3-10(8-15)5-12(11)7-14/h3-5,15-16H,6-9H2,1-2H3. The molecule has 2 rings (SSSR count). The van der Waals surface area contributed by atoms with Crippen molar-refractivity contribution in [1.29, 1.82) is 0 Å². The molecule has 0 saturated heterocycles. The number of aliphatic hydroxyl groups excluding tert-OH is 2. The summed E-state index contributed by atoms with van der Waals surface area (Å²) in [5.74, 6) is 0. The van der Waals surface area contributed by atoms with Gasteiger partial charge in [0.05, 0.1) is 13.2 Å². The Bertz CT molecular complexity index is 388. The van der Waals surface area contributed by atoms with Gasteiger partial charge in [0, 0.05) is 18.6 Å². The molecule has 0 atom stereocenters. The summed E-state index contributed by atoms with van der Waals surface area (Å²) in [4.78, 5) is 2.26. The third kappa shape index (κ3) is 1.98. The lowest BCUT2D eigenvalue weighted by molar-refractivity contribution is 0.0545. The number of benzene rings is 1. The largest absolute Gasteiger partial charge is 0.394 e. The van der Waals surface area contributed by atoms with Crippen molar-refractivity contribution in [3.63, 3.8) is 0 Å². The maximum atomic E-state index is 9.35. The van der Waals surface area contributed by atoms with Crippen molar-refractivity contribution in [2.24, 2.45) is 0 Å². The van der Waals surface area contributed by atoms with Gasteiger partial charge in [-0.1, -0.05) is 18.2 Å². The van der Waals surface area contributed by atoms with E-state index in [1.165, 1.54) is 11.1 Å². The molecule has 0 radical (unpaired) electrons. The molecular weight excluding hydrogens is 202 g/mol. The summed E-state index contributed by atoms with van der Waals surface area (Å²) in [7, 11) is 0. The highest BCUT2D eigenvalue weighted by molar-refractivity contribution is 5.35. The van der Waals surface area contributed by atoms with Crippen LogP contribution in [0.3, 0.4) is 0 Å². The summed E-state index contributed by atoms with van der Waals surface area (Å²) in [6.07, 6.45) is 0. The number of aliphatic hydroxyl groups is 2. The predicted octanol–water partition coefficient (Wildman–Crippen LogP) is 1.27. The van der Waals surface area contributed by atoms with Crippen LogP contribution in [0.5, 0.6) is 0 Å². The lowest BCUT2D eigenvalue weighted by atomic mass is 10.1. The Labute approximate surface area is 96.3 Å². The van der Waals surface area contributed by atoms with Gasteiger partial charge in [0.2, 0.25) is 0 Å². The molecule has 0 unspecified atom stereocenters. The molecule has 0 saturated carbocycles. The smallest absolute Gasteiger partial charge is 0.0681 e. The van der Waals surface area contributed by atoms with E-state index in [4.69, 9.17) is 5.11 Å². The van der Waals surface area contributed by atoms with Gasteiger partial charge in [0.1, 0.15) is 0 Å². The van der Waals surface area contributed by atoms with E-state index in [-0.39, 0.29) is 18.8 Å². The first-order chi connectivity index (χ1) is 7.56. The summed E-state index contributed by atoms with van der Waals surface area (Å²) in [5, 5.41) is 18.4. The van der Waals surface area contributed by atoms with Gasteiger partial charge in [-0.3, -0.25) is 4.90 Å². The Kier molecular flexibility index (Phi) is 3.02. The summed E-state index contributed by atoms with van der Waals surface area (Å²) < 4.78 is 0. The third-order valence-electron chi connectivity index (χ3n) is 3.42. The van der Waals surface area contributed by atoms with Crippen molar-refractivity contribution in [3.8, 4) is 0 Å². The minimum atomic E-state index is -0.182. The first kappa shape index (κ1) is 11.6. The Balaban J connectivity index is 2.21. The van der Waals surface area contributed by atoms with Crippen molar-refractivity contribution in [2.45, 2.75) is 39.1 Å². The molecule has 0 spiro atoms. The number of nitrogens with zero attached hydrogens (tertiary/aromatic N) is 1. The van der Waals surface area contributed by atoms with E-state index in [0.29, 0.717) is 0 Å². The van der Waals surface area contributed by atoms with E-state index in [1.807, 2.05) is 19.9 Å². The molecule has 0 aliphatic carbocycles. The van der Waals surface area contributed by atoms with Gasteiger partial charge in [0.25, 0.3) is 0 Å². The van der Waals surface area contributed by atoms with Crippen LogP contribution in [-0.4, -0.2) is 27.3 Å². The fraction of sp³-hybridized carbons (Fsp3) is 0.538. The normalized spacial score (nSPS) is 16.5. The van der Waals surface area contributed by atoms with E-state index >= 15 is 0 Å². The maximum absolute atomic E-state index is 9.35. The van der Waals surface area contributed by atoms with Crippen LogP contribution in [0.4, 0.5) is 0 Å². The zero-order valence-corrected chi connectivity index (χ0v) is 9.90. The minimum Gasteiger partial charge on any atom is -0.394 e. The molecule has 1 aromatic rings. The van der Waals surface area contributed by atoms with Crippen molar-refractivity contribution in [1.82, 2.24) is 4.90 Å². The number of fused-ring (bicyclic) bond motifs is 1. The van der Waals surface area contributed by atoms with Crippen molar-refractivity contribution in [3.05, 3.63) is 34.9 Å². The quantitative estimate of drug-likeness (QED) is 0.807. The highest BCUT2D eigenvalue weighted by Crippen LogP contribution is 2.29. The fourth-order valence-corrected chi connectivity index (χ4v) is 2.07. The molecule has 1 aliphatic heterocycles. The summed E-state index contributed by atoms with van der Waals surface area (Å²) in [6.45, 7) is 6.09. The molecule has 1 aromatic carbocycles. The number of hydrogen-bond acceptors (Lipinski definition) is 3. The highest BCUT2D eigenvalue weighted by Gasteiger charge is 2.31. The maximum Gasteiger partial charge on any atom is 0.0681 e. The predicted molar refractivity (Wildman–Crippen MR) is 62.8 cm³/mol. The van der Waals surface area contributed by atoms with Crippen LogP contribution in [0.2, 0.25) is 0 Å². The van der Waals surface area contributed by atoms with Crippen molar-refractivity contribution >= 4 is 0 Å². The lowest BCUT2D eigenvalue weighted by Gasteiger charge is -2.33. The van der Waals surface area contributed by atoms with Crippen LogP contribution in [0.25, 0.3) is 0 Å². The molecule has 3 nitrogen and oxygen atoms in total. The van der Waals surface area contributed by atoms with Gasteiger partial charge in [0.15, 0.2) is 0 Å². The molecule has 88 valence electrons. The molecule has 2 N–H and O–H groups in total. The monoisotopic (exact) mass is 221 g/mol. The Hall–Kier alpha value is -0.900. The van der Waals surface area contributed by atoms with Crippen molar-refractivity contribution in [2.75, 3.05) is 6.61 Å². The zero-order valence-electron chi connectivity index (χ0n) is 9.90. The number of rotatable bonds is 3. The van der Waals surface area contributed by atoms with Gasteiger partial charge >= 0.3 is 0 Å². The minimum absolute atomic E-state index is 0.0939. The Morgan fingerprint density at radius 3 is 2.50 bits per heavy atom. The molecule has 0 fully saturated rings. The van der Waals surface area contributed by atoms with Crippen LogP contribution in [0, 0.1) is 0 Å². The molecule has 1 aliphatic rings. The van der Waals surface area contributed by atoms with E-state index < -0.39 is 0 Å². The second-order valence-electron chi connectivity index (χ2n) is 5.09. The van der Waals surface area contributed by atoms with Crippen LogP contribution in [-0.2, 0) is 19.7 Å². The second-order valence-corrected chi connectivity index (χ2v) is 5.09. The van der Waals surface area contributed by atoms with Crippen LogP contribution < -0.4 is 0 Å². The highest BCUT2D eigenvalue weighted by atomic mass is 16.3. The average Bonchev–Trinajstić information content (AvgIpc) is 2.72.